The van der Waals surface area contributed by atoms with Crippen LogP contribution in [0.2, 0.25) is 5.02 Å². The highest BCUT2D eigenvalue weighted by Crippen LogP contribution is 2.28. The van der Waals surface area contributed by atoms with Crippen LogP contribution in [0.5, 0.6) is 5.75 Å². The largest absolute Gasteiger partial charge is 0.497 e. The molecule has 134 valence electrons. The summed E-state index contributed by atoms with van der Waals surface area (Å²) in [5.74, 6) is 1.42. The van der Waals surface area contributed by atoms with Gasteiger partial charge in [0.05, 0.1) is 7.11 Å². The summed E-state index contributed by atoms with van der Waals surface area (Å²) in [7, 11) is 1.57. The second kappa shape index (κ2) is 8.88. The average Bonchev–Trinajstić information content (AvgIpc) is 3.08. The van der Waals surface area contributed by atoms with Crippen molar-refractivity contribution in [3.05, 3.63) is 59.1 Å². The molecule has 0 aliphatic carbocycles. The van der Waals surface area contributed by atoms with Gasteiger partial charge in [0.2, 0.25) is 5.13 Å². The SMILES string of the molecule is COc1cccc(NC(=O)Nc2nnc(SCc3ccc(Cl)cc3)s2)c1. The summed E-state index contributed by atoms with van der Waals surface area (Å²) in [5, 5.41) is 14.6. The molecule has 1 aromatic heterocycles. The molecule has 0 fully saturated rings. The van der Waals surface area contributed by atoms with Gasteiger partial charge in [0, 0.05) is 22.5 Å². The molecular weight excluding hydrogens is 392 g/mol. The number of ether oxygens (including phenoxy) is 1. The van der Waals surface area contributed by atoms with Crippen molar-refractivity contribution in [1.29, 1.82) is 0 Å². The molecule has 0 aliphatic rings. The number of halogens is 1. The predicted octanol–water partition coefficient (Wildman–Crippen LogP) is 5.14. The van der Waals surface area contributed by atoms with Gasteiger partial charge in [0.25, 0.3) is 0 Å². The summed E-state index contributed by atoms with van der Waals surface area (Å²) in [6.07, 6.45) is 0. The zero-order chi connectivity index (χ0) is 18.4. The number of amides is 2. The topological polar surface area (TPSA) is 76.1 Å². The molecule has 0 atom stereocenters. The van der Waals surface area contributed by atoms with E-state index in [9.17, 15) is 4.79 Å². The molecule has 2 amide bonds. The van der Waals surface area contributed by atoms with Crippen LogP contribution < -0.4 is 15.4 Å². The summed E-state index contributed by atoms with van der Waals surface area (Å²) in [6.45, 7) is 0. The maximum Gasteiger partial charge on any atom is 0.325 e. The number of urea groups is 1. The lowest BCUT2D eigenvalue weighted by Gasteiger charge is -2.06. The Hall–Kier alpha value is -2.29. The highest BCUT2D eigenvalue weighted by atomic mass is 35.5. The smallest absolute Gasteiger partial charge is 0.325 e. The predicted molar refractivity (Wildman–Crippen MR) is 107 cm³/mol. The van der Waals surface area contributed by atoms with E-state index in [0.29, 0.717) is 21.6 Å². The molecule has 0 spiro atoms. The summed E-state index contributed by atoms with van der Waals surface area (Å²) in [4.78, 5) is 12.1. The van der Waals surface area contributed by atoms with Crippen LogP contribution in [0.15, 0.2) is 52.9 Å². The first kappa shape index (κ1) is 18.5. The number of hydrogen-bond donors (Lipinski definition) is 2. The highest BCUT2D eigenvalue weighted by Gasteiger charge is 2.09. The van der Waals surface area contributed by atoms with Gasteiger partial charge in [0.15, 0.2) is 4.34 Å². The Morgan fingerprint density at radius 3 is 2.77 bits per heavy atom. The highest BCUT2D eigenvalue weighted by molar-refractivity contribution is 8.00. The van der Waals surface area contributed by atoms with Crippen LogP contribution in [0.25, 0.3) is 0 Å². The molecule has 0 saturated heterocycles. The lowest BCUT2D eigenvalue weighted by molar-refractivity contribution is 0.262. The lowest BCUT2D eigenvalue weighted by atomic mass is 10.2. The molecule has 6 nitrogen and oxygen atoms in total. The third kappa shape index (κ3) is 5.35. The van der Waals surface area contributed by atoms with Crippen molar-refractivity contribution in [2.75, 3.05) is 17.7 Å². The third-order valence-corrected chi connectivity index (χ3v) is 5.53. The van der Waals surface area contributed by atoms with E-state index in [1.165, 1.54) is 11.3 Å². The fraction of sp³-hybridized carbons (Fsp3) is 0.118. The molecule has 0 saturated carbocycles. The normalized spacial score (nSPS) is 10.4. The van der Waals surface area contributed by atoms with E-state index >= 15 is 0 Å². The molecular formula is C17H15ClN4O2S2. The number of benzene rings is 2. The maximum atomic E-state index is 12.1. The second-order valence-corrected chi connectivity index (χ2v) is 7.74. The number of aromatic nitrogens is 2. The summed E-state index contributed by atoms with van der Waals surface area (Å²) < 4.78 is 5.90. The first-order chi connectivity index (χ1) is 12.6. The van der Waals surface area contributed by atoms with Crippen molar-refractivity contribution < 1.29 is 9.53 Å². The Labute approximate surface area is 163 Å². The Morgan fingerprint density at radius 1 is 1.19 bits per heavy atom. The van der Waals surface area contributed by atoms with Gasteiger partial charge in [-0.15, -0.1) is 10.2 Å². The van der Waals surface area contributed by atoms with Gasteiger partial charge in [-0.25, -0.2) is 4.79 Å². The van der Waals surface area contributed by atoms with Crippen molar-refractivity contribution in [3.8, 4) is 5.75 Å². The molecule has 26 heavy (non-hydrogen) atoms. The van der Waals surface area contributed by atoms with Crippen LogP contribution in [0.3, 0.4) is 0 Å². The van der Waals surface area contributed by atoms with E-state index in [1.54, 1.807) is 43.1 Å². The van der Waals surface area contributed by atoms with Crippen molar-refractivity contribution in [2.45, 2.75) is 10.1 Å². The van der Waals surface area contributed by atoms with Crippen molar-refractivity contribution in [2.24, 2.45) is 0 Å². The van der Waals surface area contributed by atoms with Crippen molar-refractivity contribution >= 4 is 51.5 Å². The number of hydrogen-bond acceptors (Lipinski definition) is 6. The fourth-order valence-electron chi connectivity index (χ4n) is 2.00. The molecule has 9 heteroatoms. The van der Waals surface area contributed by atoms with E-state index in [-0.39, 0.29) is 6.03 Å². The van der Waals surface area contributed by atoms with E-state index in [2.05, 4.69) is 20.8 Å². The van der Waals surface area contributed by atoms with Crippen LogP contribution in [0.1, 0.15) is 5.56 Å². The Bertz CT molecular complexity index is 886. The second-order valence-electron chi connectivity index (χ2n) is 5.10. The van der Waals surface area contributed by atoms with E-state index in [4.69, 9.17) is 16.3 Å². The maximum absolute atomic E-state index is 12.1. The minimum atomic E-state index is -0.386. The van der Waals surface area contributed by atoms with E-state index < -0.39 is 0 Å². The Morgan fingerprint density at radius 2 is 2.00 bits per heavy atom. The summed E-state index contributed by atoms with van der Waals surface area (Å²) >= 11 is 8.74. The van der Waals surface area contributed by atoms with Crippen molar-refractivity contribution in [1.82, 2.24) is 10.2 Å². The molecule has 1 heterocycles. The van der Waals surface area contributed by atoms with Crippen molar-refractivity contribution in [3.63, 3.8) is 0 Å². The van der Waals surface area contributed by atoms with Gasteiger partial charge in [-0.1, -0.05) is 52.9 Å². The molecule has 0 radical (unpaired) electrons. The zero-order valence-corrected chi connectivity index (χ0v) is 16.1. The van der Waals surface area contributed by atoms with E-state index in [1.807, 2.05) is 24.3 Å². The molecule has 2 aromatic carbocycles. The summed E-state index contributed by atoms with van der Waals surface area (Å²) in [6, 6.07) is 14.4. The van der Waals surface area contributed by atoms with Gasteiger partial charge in [-0.05, 0) is 29.8 Å². The molecule has 3 aromatic rings. The number of carbonyl (C=O) groups is 1. The summed E-state index contributed by atoms with van der Waals surface area (Å²) in [5.41, 5.74) is 1.77. The molecule has 2 N–H and O–H groups in total. The number of methoxy groups -OCH3 is 1. The Kier molecular flexibility index (Phi) is 6.32. The van der Waals surface area contributed by atoms with Gasteiger partial charge in [-0.3, -0.25) is 5.32 Å². The monoisotopic (exact) mass is 406 g/mol. The number of carbonyl (C=O) groups excluding carboxylic acids is 1. The first-order valence-corrected chi connectivity index (χ1v) is 9.73. The van der Waals surface area contributed by atoms with Crippen LogP contribution in [-0.4, -0.2) is 23.3 Å². The van der Waals surface area contributed by atoms with Gasteiger partial charge >= 0.3 is 6.03 Å². The quantitative estimate of drug-likeness (QED) is 0.438. The first-order valence-electron chi connectivity index (χ1n) is 7.55. The molecule has 0 aliphatic heterocycles. The fourth-order valence-corrected chi connectivity index (χ4v) is 3.83. The number of thioether (sulfide) groups is 1. The van der Waals surface area contributed by atoms with Crippen LogP contribution in [0, 0.1) is 0 Å². The standard InChI is InChI=1S/C17H15ClN4O2S2/c1-24-14-4-2-3-13(9-14)19-15(23)20-16-21-22-17(26-16)25-10-11-5-7-12(18)8-6-11/h2-9H,10H2,1H3,(H2,19,20,21,23). The number of nitrogens with one attached hydrogen (secondary N) is 2. The van der Waals surface area contributed by atoms with Gasteiger partial charge in [-0.2, -0.15) is 0 Å². The van der Waals surface area contributed by atoms with Crippen LogP contribution in [0.4, 0.5) is 15.6 Å². The molecule has 0 bridgehead atoms. The number of nitrogens with zero attached hydrogens (tertiary/aromatic N) is 2. The van der Waals surface area contributed by atoms with E-state index in [0.717, 1.165) is 15.7 Å². The van der Waals surface area contributed by atoms with Crippen LogP contribution in [-0.2, 0) is 5.75 Å². The van der Waals surface area contributed by atoms with Crippen LogP contribution >= 0.6 is 34.7 Å². The number of rotatable bonds is 6. The number of anilines is 2. The third-order valence-electron chi connectivity index (χ3n) is 3.23. The minimum Gasteiger partial charge on any atom is -0.497 e. The minimum absolute atomic E-state index is 0.386. The van der Waals surface area contributed by atoms with Gasteiger partial charge in [0.1, 0.15) is 5.75 Å². The molecule has 3 rings (SSSR count). The Balaban J connectivity index is 1.52. The lowest BCUT2D eigenvalue weighted by Crippen LogP contribution is -2.19. The molecule has 0 unspecified atom stereocenters. The zero-order valence-electron chi connectivity index (χ0n) is 13.7. The average molecular weight is 407 g/mol. The van der Waals surface area contributed by atoms with Gasteiger partial charge < -0.3 is 10.1 Å².